The van der Waals surface area contributed by atoms with E-state index in [1.165, 1.54) is 6.33 Å². The molecule has 0 aliphatic rings. The third-order valence-corrected chi connectivity index (χ3v) is 3.67. The third-order valence-electron chi connectivity index (χ3n) is 2.49. The lowest BCUT2D eigenvalue weighted by atomic mass is 10.3. The van der Waals surface area contributed by atoms with Gasteiger partial charge in [-0.05, 0) is 37.3 Å². The molecule has 0 fully saturated rings. The van der Waals surface area contributed by atoms with Crippen molar-refractivity contribution in [2.24, 2.45) is 0 Å². The molecular formula is C14H14ClN3OS. The second kappa shape index (κ2) is 7.26. The summed E-state index contributed by atoms with van der Waals surface area (Å²) in [5.74, 6) is 0.654. The highest BCUT2D eigenvalue weighted by molar-refractivity contribution is 7.99. The van der Waals surface area contributed by atoms with Crippen LogP contribution in [0.4, 0.5) is 5.69 Å². The van der Waals surface area contributed by atoms with Crippen LogP contribution < -0.4 is 5.32 Å². The lowest BCUT2D eigenvalue weighted by Gasteiger charge is -2.05. The number of aryl methyl sites for hydroxylation is 1. The number of benzene rings is 1. The van der Waals surface area contributed by atoms with Gasteiger partial charge in [0.25, 0.3) is 0 Å². The number of anilines is 1. The first-order valence-corrected chi connectivity index (χ1v) is 7.47. The first-order valence-electron chi connectivity index (χ1n) is 6.10. The van der Waals surface area contributed by atoms with Gasteiger partial charge in [-0.2, -0.15) is 0 Å². The lowest BCUT2D eigenvalue weighted by Crippen LogP contribution is -2.12. The molecule has 0 saturated heterocycles. The average Bonchev–Trinajstić information content (AvgIpc) is 2.41. The van der Waals surface area contributed by atoms with Gasteiger partial charge >= 0.3 is 0 Å². The smallest absolute Gasteiger partial charge is 0.225 e. The van der Waals surface area contributed by atoms with Crippen molar-refractivity contribution < 1.29 is 4.79 Å². The Kier molecular flexibility index (Phi) is 5.38. The number of nitrogens with zero attached hydrogens (tertiary/aromatic N) is 2. The molecule has 0 bridgehead atoms. The van der Waals surface area contributed by atoms with E-state index in [-0.39, 0.29) is 5.91 Å². The first-order chi connectivity index (χ1) is 9.63. The van der Waals surface area contributed by atoms with E-state index in [0.717, 1.165) is 16.4 Å². The van der Waals surface area contributed by atoms with Gasteiger partial charge in [-0.3, -0.25) is 4.79 Å². The highest BCUT2D eigenvalue weighted by Crippen LogP contribution is 2.17. The Morgan fingerprint density at radius 2 is 2.05 bits per heavy atom. The van der Waals surface area contributed by atoms with E-state index in [9.17, 15) is 4.79 Å². The van der Waals surface area contributed by atoms with Crippen LogP contribution in [0, 0.1) is 6.92 Å². The molecule has 1 amide bonds. The van der Waals surface area contributed by atoms with Crippen LogP contribution >= 0.6 is 23.4 Å². The van der Waals surface area contributed by atoms with E-state index in [4.69, 9.17) is 11.6 Å². The van der Waals surface area contributed by atoms with Crippen molar-refractivity contribution >= 4 is 35.0 Å². The molecule has 1 aromatic heterocycles. The van der Waals surface area contributed by atoms with Crippen LogP contribution in [0.2, 0.25) is 5.02 Å². The van der Waals surface area contributed by atoms with E-state index < -0.39 is 0 Å². The number of thioether (sulfide) groups is 1. The Bertz CT molecular complexity index is 589. The fourth-order valence-corrected chi connectivity index (χ4v) is 2.51. The number of amides is 1. The Hall–Kier alpha value is -1.59. The predicted octanol–water partition coefficient (Wildman–Crippen LogP) is 3.56. The maximum absolute atomic E-state index is 11.8. The zero-order valence-corrected chi connectivity index (χ0v) is 12.5. The van der Waals surface area contributed by atoms with Gasteiger partial charge in [-0.1, -0.05) is 11.6 Å². The number of hydrogen-bond donors (Lipinski definition) is 1. The van der Waals surface area contributed by atoms with Crippen molar-refractivity contribution in [3.05, 3.63) is 47.4 Å². The molecule has 20 heavy (non-hydrogen) atoms. The van der Waals surface area contributed by atoms with E-state index in [1.54, 1.807) is 36.0 Å². The van der Waals surface area contributed by atoms with Crippen molar-refractivity contribution in [2.75, 3.05) is 11.1 Å². The lowest BCUT2D eigenvalue weighted by molar-refractivity contribution is -0.115. The van der Waals surface area contributed by atoms with Gasteiger partial charge in [0.2, 0.25) is 5.91 Å². The standard InChI is InChI=1S/C14H14ClN3OS/c1-10-8-14(17-9-16-10)20-7-6-13(19)18-12-4-2-11(15)3-5-12/h2-5,8-9H,6-7H2,1H3,(H,18,19). The molecule has 2 aromatic rings. The van der Waals surface area contributed by atoms with E-state index in [0.29, 0.717) is 17.2 Å². The van der Waals surface area contributed by atoms with Crippen LogP contribution in [-0.4, -0.2) is 21.6 Å². The van der Waals surface area contributed by atoms with Crippen molar-refractivity contribution in [3.8, 4) is 0 Å². The second-order valence-corrected chi connectivity index (χ2v) is 5.70. The molecule has 0 atom stereocenters. The Morgan fingerprint density at radius 1 is 1.30 bits per heavy atom. The van der Waals surface area contributed by atoms with Crippen molar-refractivity contribution in [1.82, 2.24) is 9.97 Å². The summed E-state index contributed by atoms with van der Waals surface area (Å²) in [5.41, 5.74) is 1.68. The van der Waals surface area contributed by atoms with Crippen LogP contribution in [0.1, 0.15) is 12.1 Å². The Labute approximate surface area is 127 Å². The van der Waals surface area contributed by atoms with Crippen LogP contribution in [0.3, 0.4) is 0 Å². The topological polar surface area (TPSA) is 54.9 Å². The van der Waals surface area contributed by atoms with Crippen molar-refractivity contribution in [1.29, 1.82) is 0 Å². The summed E-state index contributed by atoms with van der Waals surface area (Å²) in [5, 5.41) is 4.36. The molecule has 6 heteroatoms. The Morgan fingerprint density at radius 3 is 2.75 bits per heavy atom. The zero-order valence-electron chi connectivity index (χ0n) is 11.0. The molecule has 1 N–H and O–H groups in total. The average molecular weight is 308 g/mol. The number of carbonyl (C=O) groups excluding carboxylic acids is 1. The summed E-state index contributed by atoms with van der Waals surface area (Å²) < 4.78 is 0. The normalized spacial score (nSPS) is 10.3. The molecule has 1 aromatic carbocycles. The molecule has 0 aliphatic heterocycles. The molecular weight excluding hydrogens is 294 g/mol. The summed E-state index contributed by atoms with van der Waals surface area (Å²) in [6.45, 7) is 1.92. The predicted molar refractivity (Wildman–Crippen MR) is 82.2 cm³/mol. The van der Waals surface area contributed by atoms with Gasteiger partial charge in [0, 0.05) is 28.6 Å². The highest BCUT2D eigenvalue weighted by atomic mass is 35.5. The minimum atomic E-state index is -0.0226. The van der Waals surface area contributed by atoms with Crippen LogP contribution in [0.5, 0.6) is 0 Å². The third kappa shape index (κ3) is 4.83. The maximum Gasteiger partial charge on any atom is 0.225 e. The molecule has 2 rings (SSSR count). The van der Waals surface area contributed by atoms with Gasteiger partial charge in [-0.25, -0.2) is 9.97 Å². The van der Waals surface area contributed by atoms with Gasteiger partial charge in [-0.15, -0.1) is 11.8 Å². The summed E-state index contributed by atoms with van der Waals surface area (Å²) in [7, 11) is 0. The molecule has 4 nitrogen and oxygen atoms in total. The molecule has 1 heterocycles. The van der Waals surface area contributed by atoms with Crippen molar-refractivity contribution in [2.45, 2.75) is 18.4 Å². The van der Waals surface area contributed by atoms with E-state index in [2.05, 4.69) is 15.3 Å². The fourth-order valence-electron chi connectivity index (χ4n) is 1.51. The number of carbonyl (C=O) groups is 1. The quantitative estimate of drug-likeness (QED) is 0.678. The van der Waals surface area contributed by atoms with E-state index in [1.807, 2.05) is 13.0 Å². The molecule has 0 saturated carbocycles. The summed E-state index contributed by atoms with van der Waals surface area (Å²) >= 11 is 7.33. The number of rotatable bonds is 5. The summed E-state index contributed by atoms with van der Waals surface area (Å²) in [6.07, 6.45) is 1.96. The van der Waals surface area contributed by atoms with Gasteiger partial charge in [0.05, 0.1) is 5.03 Å². The molecule has 0 radical (unpaired) electrons. The van der Waals surface area contributed by atoms with Crippen molar-refractivity contribution in [3.63, 3.8) is 0 Å². The first kappa shape index (κ1) is 14.8. The van der Waals surface area contributed by atoms with Crippen LogP contribution in [0.15, 0.2) is 41.7 Å². The fraction of sp³-hybridized carbons (Fsp3) is 0.214. The minimum absolute atomic E-state index is 0.0226. The second-order valence-electron chi connectivity index (χ2n) is 4.15. The summed E-state index contributed by atoms with van der Waals surface area (Å²) in [4.78, 5) is 19.9. The summed E-state index contributed by atoms with van der Waals surface area (Å²) in [6, 6.07) is 8.95. The molecule has 104 valence electrons. The van der Waals surface area contributed by atoms with Crippen LogP contribution in [-0.2, 0) is 4.79 Å². The number of hydrogen-bond acceptors (Lipinski definition) is 4. The number of nitrogens with one attached hydrogen (secondary N) is 1. The molecule has 0 unspecified atom stereocenters. The zero-order chi connectivity index (χ0) is 14.4. The number of aromatic nitrogens is 2. The monoisotopic (exact) mass is 307 g/mol. The minimum Gasteiger partial charge on any atom is -0.326 e. The molecule has 0 spiro atoms. The number of halogens is 1. The largest absolute Gasteiger partial charge is 0.326 e. The van der Waals surface area contributed by atoms with Gasteiger partial charge < -0.3 is 5.32 Å². The Balaban J connectivity index is 1.76. The van der Waals surface area contributed by atoms with E-state index >= 15 is 0 Å². The SMILES string of the molecule is Cc1cc(SCCC(=O)Nc2ccc(Cl)cc2)ncn1. The molecule has 0 aliphatic carbocycles. The highest BCUT2D eigenvalue weighted by Gasteiger charge is 2.04. The maximum atomic E-state index is 11.8. The van der Waals surface area contributed by atoms with Gasteiger partial charge in [0.15, 0.2) is 0 Å². The van der Waals surface area contributed by atoms with Crippen LogP contribution in [0.25, 0.3) is 0 Å². The van der Waals surface area contributed by atoms with Gasteiger partial charge in [0.1, 0.15) is 6.33 Å².